The van der Waals surface area contributed by atoms with Crippen LogP contribution in [0, 0.1) is 19.3 Å². The van der Waals surface area contributed by atoms with E-state index in [1.54, 1.807) is 7.11 Å². The quantitative estimate of drug-likeness (QED) is 0.886. The number of ether oxygens (including phenoxy) is 1. The zero-order valence-corrected chi connectivity index (χ0v) is 12.7. The summed E-state index contributed by atoms with van der Waals surface area (Å²) in [6.07, 6.45) is 2.22. The van der Waals surface area contributed by atoms with E-state index in [4.69, 9.17) is 4.74 Å². The standard InChI is InChI=1S/C16H25NO2/c1-11-12(2)14(19-5)7-6-13(11)15(17(3)4)16(10-18)8-9-16/h6-7,15,18H,8-10H2,1-5H3. The molecule has 0 amide bonds. The molecular weight excluding hydrogens is 238 g/mol. The normalized spacial score (nSPS) is 18.5. The summed E-state index contributed by atoms with van der Waals surface area (Å²) in [5.74, 6) is 0.938. The van der Waals surface area contributed by atoms with Crippen LogP contribution in [0.5, 0.6) is 5.75 Å². The predicted octanol–water partition coefficient (Wildman–Crippen LogP) is 2.69. The average Bonchev–Trinajstić information content (AvgIpc) is 3.16. The van der Waals surface area contributed by atoms with E-state index in [-0.39, 0.29) is 18.1 Å². The number of hydrogen-bond donors (Lipinski definition) is 1. The summed E-state index contributed by atoms with van der Waals surface area (Å²) in [4.78, 5) is 2.23. The van der Waals surface area contributed by atoms with Gasteiger partial charge >= 0.3 is 0 Å². The number of aliphatic hydroxyl groups is 1. The van der Waals surface area contributed by atoms with E-state index in [2.05, 4.69) is 38.9 Å². The van der Waals surface area contributed by atoms with Crippen LogP contribution in [0.15, 0.2) is 12.1 Å². The van der Waals surface area contributed by atoms with Crippen LogP contribution < -0.4 is 4.74 Å². The molecule has 3 heteroatoms. The van der Waals surface area contributed by atoms with E-state index in [9.17, 15) is 5.11 Å². The van der Waals surface area contributed by atoms with Crippen LogP contribution >= 0.6 is 0 Å². The summed E-state index contributed by atoms with van der Waals surface area (Å²) >= 11 is 0. The van der Waals surface area contributed by atoms with Crippen molar-refractivity contribution in [2.45, 2.75) is 32.7 Å². The van der Waals surface area contributed by atoms with Gasteiger partial charge in [-0.2, -0.15) is 0 Å². The lowest BCUT2D eigenvalue weighted by molar-refractivity contribution is 0.115. The number of benzene rings is 1. The summed E-state index contributed by atoms with van der Waals surface area (Å²) in [7, 11) is 5.90. The van der Waals surface area contributed by atoms with Crippen molar-refractivity contribution >= 4 is 0 Å². The molecule has 0 bridgehead atoms. The molecule has 0 spiro atoms. The molecule has 1 aromatic rings. The van der Waals surface area contributed by atoms with E-state index in [0.717, 1.165) is 18.6 Å². The Morgan fingerprint density at radius 2 is 1.89 bits per heavy atom. The molecule has 0 aliphatic heterocycles. The van der Waals surface area contributed by atoms with Crippen LogP contribution in [0.2, 0.25) is 0 Å². The van der Waals surface area contributed by atoms with Crippen LogP contribution in [0.1, 0.15) is 35.6 Å². The predicted molar refractivity (Wildman–Crippen MR) is 77.6 cm³/mol. The van der Waals surface area contributed by atoms with Gasteiger partial charge in [-0.05, 0) is 63.5 Å². The van der Waals surface area contributed by atoms with Gasteiger partial charge in [0.05, 0.1) is 13.7 Å². The number of nitrogens with zero attached hydrogens (tertiary/aromatic N) is 1. The maximum absolute atomic E-state index is 9.75. The second-order valence-corrected chi connectivity index (χ2v) is 5.99. The molecule has 0 radical (unpaired) electrons. The molecule has 1 atom stereocenters. The van der Waals surface area contributed by atoms with Gasteiger partial charge in [0.2, 0.25) is 0 Å². The van der Waals surface area contributed by atoms with Crippen LogP contribution in [0.4, 0.5) is 0 Å². The molecule has 1 unspecified atom stereocenters. The molecule has 3 nitrogen and oxygen atoms in total. The summed E-state index contributed by atoms with van der Waals surface area (Å²) in [5, 5.41) is 9.75. The fourth-order valence-electron chi connectivity index (χ4n) is 3.17. The van der Waals surface area contributed by atoms with Gasteiger partial charge in [-0.15, -0.1) is 0 Å². The first kappa shape index (κ1) is 14.4. The van der Waals surface area contributed by atoms with Gasteiger partial charge in [0.1, 0.15) is 5.75 Å². The van der Waals surface area contributed by atoms with E-state index >= 15 is 0 Å². The first-order valence-corrected chi connectivity index (χ1v) is 6.88. The zero-order valence-electron chi connectivity index (χ0n) is 12.7. The largest absolute Gasteiger partial charge is 0.496 e. The number of hydrogen-bond acceptors (Lipinski definition) is 3. The van der Waals surface area contributed by atoms with Crippen LogP contribution in [-0.4, -0.2) is 37.8 Å². The summed E-state index contributed by atoms with van der Waals surface area (Å²) in [6.45, 7) is 4.51. The first-order valence-electron chi connectivity index (χ1n) is 6.88. The van der Waals surface area contributed by atoms with Crippen molar-refractivity contribution in [2.24, 2.45) is 5.41 Å². The zero-order chi connectivity index (χ0) is 14.2. The third kappa shape index (κ3) is 2.37. The number of aliphatic hydroxyl groups excluding tert-OH is 1. The highest BCUT2D eigenvalue weighted by Crippen LogP contribution is 2.57. The van der Waals surface area contributed by atoms with Gasteiger partial charge < -0.3 is 14.7 Å². The van der Waals surface area contributed by atoms with Crippen molar-refractivity contribution in [2.75, 3.05) is 27.8 Å². The van der Waals surface area contributed by atoms with E-state index in [1.807, 2.05) is 6.07 Å². The van der Waals surface area contributed by atoms with E-state index in [0.29, 0.717) is 0 Å². The van der Waals surface area contributed by atoms with Crippen LogP contribution in [0.3, 0.4) is 0 Å². The molecule has 2 rings (SSSR count). The van der Waals surface area contributed by atoms with Gasteiger partial charge in [-0.3, -0.25) is 0 Å². The third-order valence-electron chi connectivity index (χ3n) is 4.60. The lowest BCUT2D eigenvalue weighted by Crippen LogP contribution is -2.31. The van der Waals surface area contributed by atoms with Gasteiger partial charge in [0, 0.05) is 11.5 Å². The maximum atomic E-state index is 9.75. The molecule has 1 fully saturated rings. The first-order chi connectivity index (χ1) is 8.96. The van der Waals surface area contributed by atoms with E-state index < -0.39 is 0 Å². The Bertz CT molecular complexity index is 464. The lowest BCUT2D eigenvalue weighted by atomic mass is 9.86. The molecule has 106 valence electrons. The van der Waals surface area contributed by atoms with E-state index in [1.165, 1.54) is 16.7 Å². The van der Waals surface area contributed by atoms with Gasteiger partial charge in [0.25, 0.3) is 0 Å². The van der Waals surface area contributed by atoms with Gasteiger partial charge in [-0.1, -0.05) is 6.07 Å². The monoisotopic (exact) mass is 263 g/mol. The molecule has 0 saturated heterocycles. The van der Waals surface area contributed by atoms with Crippen LogP contribution in [-0.2, 0) is 0 Å². The lowest BCUT2D eigenvalue weighted by Gasteiger charge is -2.33. The molecule has 1 N–H and O–H groups in total. The Morgan fingerprint density at radius 1 is 1.26 bits per heavy atom. The van der Waals surface area contributed by atoms with Crippen molar-refractivity contribution in [1.82, 2.24) is 4.90 Å². The molecule has 0 aromatic heterocycles. The number of rotatable bonds is 5. The summed E-state index contributed by atoms with van der Waals surface area (Å²) in [6, 6.07) is 4.48. The topological polar surface area (TPSA) is 32.7 Å². The third-order valence-corrected chi connectivity index (χ3v) is 4.60. The second-order valence-electron chi connectivity index (χ2n) is 5.99. The molecule has 0 heterocycles. The Kier molecular flexibility index (Phi) is 3.88. The van der Waals surface area contributed by atoms with Crippen molar-refractivity contribution in [3.05, 3.63) is 28.8 Å². The Labute approximate surface area is 116 Å². The van der Waals surface area contributed by atoms with Crippen molar-refractivity contribution in [1.29, 1.82) is 0 Å². The minimum absolute atomic E-state index is 0.0509. The fourth-order valence-corrected chi connectivity index (χ4v) is 3.17. The highest BCUT2D eigenvalue weighted by molar-refractivity contribution is 5.45. The average molecular weight is 263 g/mol. The minimum atomic E-state index is 0.0509. The molecular formula is C16H25NO2. The number of methoxy groups -OCH3 is 1. The second kappa shape index (κ2) is 5.14. The van der Waals surface area contributed by atoms with Gasteiger partial charge in [0.15, 0.2) is 0 Å². The summed E-state index contributed by atoms with van der Waals surface area (Å²) < 4.78 is 5.39. The maximum Gasteiger partial charge on any atom is 0.122 e. The molecule has 1 aliphatic rings. The Morgan fingerprint density at radius 3 is 2.32 bits per heavy atom. The smallest absolute Gasteiger partial charge is 0.122 e. The van der Waals surface area contributed by atoms with Crippen molar-refractivity contribution in [3.63, 3.8) is 0 Å². The highest BCUT2D eigenvalue weighted by Gasteiger charge is 2.50. The Balaban J connectivity index is 2.47. The molecule has 1 saturated carbocycles. The van der Waals surface area contributed by atoms with Gasteiger partial charge in [-0.25, -0.2) is 0 Å². The fraction of sp³-hybridized carbons (Fsp3) is 0.625. The van der Waals surface area contributed by atoms with Crippen molar-refractivity contribution in [3.8, 4) is 5.75 Å². The highest BCUT2D eigenvalue weighted by atomic mass is 16.5. The minimum Gasteiger partial charge on any atom is -0.496 e. The Hall–Kier alpha value is -1.06. The molecule has 1 aromatic carbocycles. The van der Waals surface area contributed by atoms with Crippen LogP contribution in [0.25, 0.3) is 0 Å². The SMILES string of the molecule is COc1ccc(C(N(C)C)C2(CO)CC2)c(C)c1C. The summed E-state index contributed by atoms with van der Waals surface area (Å²) in [5.41, 5.74) is 3.84. The molecule has 1 aliphatic carbocycles. The van der Waals surface area contributed by atoms with Crippen molar-refractivity contribution < 1.29 is 9.84 Å². The molecule has 19 heavy (non-hydrogen) atoms.